The Balaban J connectivity index is 1.96. The maximum atomic E-state index is 10.0. The van der Waals surface area contributed by atoms with Crippen molar-refractivity contribution in [1.82, 2.24) is 14.5 Å². The van der Waals surface area contributed by atoms with Crippen molar-refractivity contribution in [3.05, 3.63) is 23.7 Å². The quantitative estimate of drug-likeness (QED) is 0.823. The number of hydrogen-bond acceptors (Lipinski definition) is 4. The van der Waals surface area contributed by atoms with Gasteiger partial charge < -0.3 is 14.8 Å². The normalized spacial score (nSPS) is 28.9. The molecule has 0 spiro atoms. The molecule has 1 aliphatic rings. The monoisotopic (exact) mass is 281 g/mol. The molecule has 2 N–H and O–H groups in total. The van der Waals surface area contributed by atoms with Gasteiger partial charge in [0.1, 0.15) is 17.1 Å². The second-order valence-corrected chi connectivity index (χ2v) is 5.58. The minimum absolute atomic E-state index is 0.0836. The number of fused-ring (bicyclic) bond motifs is 1. The van der Waals surface area contributed by atoms with E-state index in [1.54, 1.807) is 6.92 Å². The second kappa shape index (κ2) is 4.74. The van der Waals surface area contributed by atoms with Crippen LogP contribution in [-0.2, 0) is 0 Å². The fourth-order valence-corrected chi connectivity index (χ4v) is 3.19. The highest BCUT2D eigenvalue weighted by Gasteiger charge is 2.37. The van der Waals surface area contributed by atoms with Crippen LogP contribution in [0.25, 0.3) is 11.0 Å². The van der Waals surface area contributed by atoms with Gasteiger partial charge in [0.25, 0.3) is 0 Å². The Kier molecular flexibility index (Phi) is 3.20. The van der Waals surface area contributed by atoms with Crippen LogP contribution < -0.4 is 0 Å². The number of rotatable bonds is 2. The molecule has 19 heavy (non-hydrogen) atoms. The molecular weight excluding hydrogens is 266 g/mol. The van der Waals surface area contributed by atoms with Gasteiger partial charge in [-0.3, -0.25) is 0 Å². The molecular formula is C13H16ClN3O2. The summed E-state index contributed by atoms with van der Waals surface area (Å²) in [6.45, 7) is 1.73. The molecule has 0 aliphatic heterocycles. The van der Waals surface area contributed by atoms with E-state index in [0.29, 0.717) is 11.6 Å². The van der Waals surface area contributed by atoms with Gasteiger partial charge in [-0.25, -0.2) is 9.97 Å². The van der Waals surface area contributed by atoms with Crippen molar-refractivity contribution in [2.75, 3.05) is 0 Å². The first-order chi connectivity index (χ1) is 9.08. The highest BCUT2D eigenvalue weighted by atomic mass is 35.5. The summed E-state index contributed by atoms with van der Waals surface area (Å²) >= 11 is 6.03. The van der Waals surface area contributed by atoms with E-state index >= 15 is 0 Å². The van der Waals surface area contributed by atoms with Crippen LogP contribution in [-0.4, -0.2) is 37.0 Å². The summed E-state index contributed by atoms with van der Waals surface area (Å²) in [6, 6.07) is 2.03. The second-order valence-electron chi connectivity index (χ2n) is 5.22. The van der Waals surface area contributed by atoms with Crippen molar-refractivity contribution < 1.29 is 10.2 Å². The maximum Gasteiger partial charge on any atom is 0.145 e. The molecule has 0 amide bonds. The molecule has 102 valence electrons. The first-order valence-electron chi connectivity index (χ1n) is 6.41. The standard InChI is InChI=1S/C13H16ClN3O2/c1-7(18)10-4-8(5-11(10)19)17-3-2-9-12(14)15-6-16-13(9)17/h2-3,6-8,10-11,18-19H,4-5H2,1H3/t7?,8-,10-,11+/m1/s1. The van der Waals surface area contributed by atoms with Gasteiger partial charge in [0, 0.05) is 18.2 Å². The number of aromatic nitrogens is 3. The Labute approximate surface area is 115 Å². The third-order valence-electron chi connectivity index (χ3n) is 4.03. The van der Waals surface area contributed by atoms with Crippen LogP contribution >= 0.6 is 11.6 Å². The minimum Gasteiger partial charge on any atom is -0.393 e. The Bertz CT molecular complexity index is 599. The summed E-state index contributed by atoms with van der Waals surface area (Å²) in [7, 11) is 0. The molecule has 5 nitrogen and oxygen atoms in total. The molecule has 1 saturated carbocycles. The van der Waals surface area contributed by atoms with E-state index < -0.39 is 12.2 Å². The topological polar surface area (TPSA) is 71.2 Å². The Morgan fingerprint density at radius 1 is 1.42 bits per heavy atom. The Morgan fingerprint density at radius 2 is 2.21 bits per heavy atom. The van der Waals surface area contributed by atoms with Crippen LogP contribution in [0.3, 0.4) is 0 Å². The lowest BCUT2D eigenvalue weighted by molar-refractivity contribution is 0.0420. The van der Waals surface area contributed by atoms with Gasteiger partial charge in [0.15, 0.2) is 0 Å². The predicted octanol–water partition coefficient (Wildman–Crippen LogP) is 1.78. The average Bonchev–Trinajstić information content (AvgIpc) is 2.93. The molecule has 1 unspecified atom stereocenters. The maximum absolute atomic E-state index is 10.0. The number of hydrogen-bond donors (Lipinski definition) is 2. The Morgan fingerprint density at radius 3 is 2.89 bits per heavy atom. The van der Waals surface area contributed by atoms with Crippen LogP contribution in [0.1, 0.15) is 25.8 Å². The van der Waals surface area contributed by atoms with Crippen LogP contribution in [0.2, 0.25) is 5.15 Å². The third kappa shape index (κ3) is 2.12. The summed E-state index contributed by atoms with van der Waals surface area (Å²) in [5, 5.41) is 21.0. The number of halogens is 1. The van der Waals surface area contributed by atoms with Gasteiger partial charge in [0.2, 0.25) is 0 Å². The first kappa shape index (κ1) is 12.8. The lowest BCUT2D eigenvalue weighted by Gasteiger charge is -2.17. The summed E-state index contributed by atoms with van der Waals surface area (Å²) in [6.07, 6.45) is 3.76. The molecule has 0 radical (unpaired) electrons. The molecule has 0 aromatic carbocycles. The molecule has 1 aliphatic carbocycles. The van der Waals surface area contributed by atoms with Crippen molar-refractivity contribution in [3.63, 3.8) is 0 Å². The molecule has 2 aromatic rings. The zero-order valence-corrected chi connectivity index (χ0v) is 11.3. The smallest absolute Gasteiger partial charge is 0.145 e. The van der Waals surface area contributed by atoms with E-state index in [1.165, 1.54) is 6.33 Å². The Hall–Kier alpha value is -1.17. The zero-order chi connectivity index (χ0) is 13.6. The molecule has 0 saturated heterocycles. The number of nitrogens with zero attached hydrogens (tertiary/aromatic N) is 3. The fourth-order valence-electron chi connectivity index (χ4n) is 3.00. The van der Waals surface area contributed by atoms with E-state index in [0.717, 1.165) is 17.5 Å². The molecule has 3 rings (SSSR count). The zero-order valence-electron chi connectivity index (χ0n) is 10.6. The van der Waals surface area contributed by atoms with E-state index in [-0.39, 0.29) is 12.0 Å². The van der Waals surface area contributed by atoms with E-state index in [2.05, 4.69) is 9.97 Å². The average molecular weight is 282 g/mol. The van der Waals surface area contributed by atoms with Crippen LogP contribution in [0, 0.1) is 5.92 Å². The highest BCUT2D eigenvalue weighted by Crippen LogP contribution is 2.38. The van der Waals surface area contributed by atoms with Crippen molar-refractivity contribution in [3.8, 4) is 0 Å². The van der Waals surface area contributed by atoms with E-state index in [4.69, 9.17) is 11.6 Å². The van der Waals surface area contributed by atoms with Crippen molar-refractivity contribution in [1.29, 1.82) is 0 Å². The molecule has 1 fully saturated rings. The molecule has 6 heteroatoms. The fraction of sp³-hybridized carbons (Fsp3) is 0.538. The minimum atomic E-state index is -0.500. The van der Waals surface area contributed by atoms with Crippen LogP contribution in [0.4, 0.5) is 0 Å². The van der Waals surface area contributed by atoms with Crippen LogP contribution in [0.15, 0.2) is 18.6 Å². The molecule has 0 bridgehead atoms. The lowest BCUT2D eigenvalue weighted by Crippen LogP contribution is -2.24. The number of aliphatic hydroxyl groups is 2. The predicted molar refractivity (Wildman–Crippen MR) is 72.0 cm³/mol. The van der Waals surface area contributed by atoms with E-state index in [1.807, 2.05) is 16.8 Å². The highest BCUT2D eigenvalue weighted by molar-refractivity contribution is 6.33. The first-order valence-corrected chi connectivity index (χ1v) is 6.79. The summed E-state index contributed by atoms with van der Waals surface area (Å²) in [5.74, 6) is -0.0836. The van der Waals surface area contributed by atoms with Gasteiger partial charge in [-0.05, 0) is 25.8 Å². The SMILES string of the molecule is CC(O)[C@H]1C[C@@H](n2ccc3c(Cl)ncnc32)C[C@@H]1O. The molecule has 2 heterocycles. The van der Waals surface area contributed by atoms with Gasteiger partial charge >= 0.3 is 0 Å². The third-order valence-corrected chi connectivity index (χ3v) is 4.33. The van der Waals surface area contributed by atoms with Crippen molar-refractivity contribution in [2.24, 2.45) is 5.92 Å². The van der Waals surface area contributed by atoms with Gasteiger partial charge in [0.05, 0.1) is 17.6 Å². The van der Waals surface area contributed by atoms with Crippen molar-refractivity contribution in [2.45, 2.75) is 38.0 Å². The van der Waals surface area contributed by atoms with Gasteiger partial charge in [-0.2, -0.15) is 0 Å². The molecule has 4 atom stereocenters. The van der Waals surface area contributed by atoms with Crippen LogP contribution in [0.5, 0.6) is 0 Å². The summed E-state index contributed by atoms with van der Waals surface area (Å²) in [5.41, 5.74) is 0.781. The van der Waals surface area contributed by atoms with Crippen molar-refractivity contribution >= 4 is 22.6 Å². The summed E-state index contributed by atoms with van der Waals surface area (Å²) < 4.78 is 2.02. The lowest BCUT2D eigenvalue weighted by atomic mass is 10.0. The largest absolute Gasteiger partial charge is 0.393 e. The van der Waals surface area contributed by atoms with Gasteiger partial charge in [-0.15, -0.1) is 0 Å². The number of aliphatic hydroxyl groups excluding tert-OH is 2. The van der Waals surface area contributed by atoms with E-state index in [9.17, 15) is 10.2 Å². The van der Waals surface area contributed by atoms with Gasteiger partial charge in [-0.1, -0.05) is 11.6 Å². The molecule has 2 aromatic heterocycles. The summed E-state index contributed by atoms with van der Waals surface area (Å²) in [4.78, 5) is 8.22.